The van der Waals surface area contributed by atoms with Crippen molar-refractivity contribution in [3.63, 3.8) is 0 Å². The molecule has 5 rings (SSSR count). The number of carbonyl (C=O) groups is 2. The molecule has 1 aliphatic rings. The minimum atomic E-state index is -0.866. The molecule has 0 saturated heterocycles. The molecule has 2 aromatic heterocycles. The van der Waals surface area contributed by atoms with Gasteiger partial charge in [-0.15, -0.1) is 10.2 Å². The first-order valence-corrected chi connectivity index (χ1v) is 11.7. The molecule has 0 spiro atoms. The predicted octanol–water partition coefficient (Wildman–Crippen LogP) is 5.67. The number of rotatable bonds is 4. The highest BCUT2D eigenvalue weighted by Gasteiger charge is 2.46. The number of para-hydroxylation sites is 1. The number of hydrogen-bond acceptors (Lipinski definition) is 7. The molecule has 1 unspecified atom stereocenters. The molecule has 34 heavy (non-hydrogen) atoms. The zero-order chi connectivity index (χ0) is 24.2. The van der Waals surface area contributed by atoms with Crippen molar-refractivity contribution in [3.05, 3.63) is 87.8 Å². The average Bonchev–Trinajstić information content (AvgIpc) is 3.49. The lowest BCUT2D eigenvalue weighted by Gasteiger charge is -2.25. The molecule has 7 nitrogen and oxygen atoms in total. The molecule has 1 amide bonds. The van der Waals surface area contributed by atoms with Crippen LogP contribution in [0.2, 0.25) is 0 Å². The predicted molar refractivity (Wildman–Crippen MR) is 130 cm³/mol. The summed E-state index contributed by atoms with van der Waals surface area (Å²) >= 11 is 1.22. The van der Waals surface area contributed by atoms with Crippen molar-refractivity contribution in [2.24, 2.45) is 0 Å². The lowest BCUT2D eigenvalue weighted by atomic mass is 9.85. The summed E-state index contributed by atoms with van der Waals surface area (Å²) in [6.07, 6.45) is 0. The van der Waals surface area contributed by atoms with Crippen molar-refractivity contribution in [2.45, 2.75) is 39.2 Å². The van der Waals surface area contributed by atoms with E-state index >= 15 is 0 Å². The number of benzene rings is 2. The van der Waals surface area contributed by atoms with E-state index in [9.17, 15) is 14.7 Å². The Bertz CT molecular complexity index is 1420. The number of nitrogens with zero attached hydrogens (tertiary/aromatic N) is 3. The molecule has 172 valence electrons. The van der Waals surface area contributed by atoms with E-state index in [0.717, 1.165) is 10.9 Å². The third-order valence-electron chi connectivity index (χ3n) is 5.92. The Kier molecular flexibility index (Phi) is 5.13. The molecule has 0 radical (unpaired) electrons. The number of furan rings is 1. The molecule has 1 N–H and O–H groups in total. The molecule has 8 heteroatoms. The number of aryl methyl sites for hydroxylation is 1. The molecule has 1 atom stereocenters. The van der Waals surface area contributed by atoms with Crippen molar-refractivity contribution >= 4 is 39.1 Å². The van der Waals surface area contributed by atoms with Crippen LogP contribution < -0.4 is 4.90 Å². The van der Waals surface area contributed by atoms with E-state index in [0.29, 0.717) is 21.3 Å². The zero-order valence-electron chi connectivity index (χ0n) is 19.2. The first-order chi connectivity index (χ1) is 16.1. The van der Waals surface area contributed by atoms with Gasteiger partial charge in [0.15, 0.2) is 11.5 Å². The van der Waals surface area contributed by atoms with Crippen LogP contribution in [0.5, 0.6) is 0 Å². The van der Waals surface area contributed by atoms with E-state index in [4.69, 9.17) is 4.42 Å². The van der Waals surface area contributed by atoms with Crippen molar-refractivity contribution in [2.75, 3.05) is 4.90 Å². The lowest BCUT2D eigenvalue weighted by Crippen LogP contribution is -2.31. The quantitative estimate of drug-likeness (QED) is 0.384. The molecule has 2 aromatic carbocycles. The second kappa shape index (κ2) is 7.92. The largest absolute Gasteiger partial charge is 0.503 e. The second-order valence-corrected chi connectivity index (χ2v) is 10.5. The maximum atomic E-state index is 13.6. The van der Waals surface area contributed by atoms with Crippen LogP contribution in [-0.4, -0.2) is 27.0 Å². The highest BCUT2D eigenvalue weighted by Crippen LogP contribution is 2.43. The lowest BCUT2D eigenvalue weighted by molar-refractivity contribution is -0.117. The van der Waals surface area contributed by atoms with Gasteiger partial charge in [-0.1, -0.05) is 74.6 Å². The van der Waals surface area contributed by atoms with Gasteiger partial charge in [-0.3, -0.25) is 14.5 Å². The third kappa shape index (κ3) is 3.60. The van der Waals surface area contributed by atoms with Crippen molar-refractivity contribution in [1.82, 2.24) is 10.2 Å². The van der Waals surface area contributed by atoms with Crippen LogP contribution in [0.1, 0.15) is 53.5 Å². The number of aromatic nitrogens is 2. The fraction of sp³-hybridized carbons (Fsp3) is 0.231. The minimum Gasteiger partial charge on any atom is -0.503 e. The average molecular weight is 474 g/mol. The number of Topliss-reactive ketones (excluding diaryl/α,β-unsaturated/α-hetero) is 1. The monoisotopic (exact) mass is 473 g/mol. The van der Waals surface area contributed by atoms with E-state index in [1.165, 1.54) is 16.2 Å². The van der Waals surface area contributed by atoms with Crippen LogP contribution in [0.25, 0.3) is 11.0 Å². The minimum absolute atomic E-state index is 0.0413. The van der Waals surface area contributed by atoms with Crippen LogP contribution in [0, 0.1) is 6.92 Å². The summed E-state index contributed by atoms with van der Waals surface area (Å²) in [5.74, 6) is -1.79. The van der Waals surface area contributed by atoms with Crippen molar-refractivity contribution in [1.29, 1.82) is 0 Å². The molecular formula is C26H23N3O4S. The molecule has 0 saturated carbocycles. The molecule has 0 bridgehead atoms. The van der Waals surface area contributed by atoms with Gasteiger partial charge in [0.25, 0.3) is 5.91 Å². The number of fused-ring (bicyclic) bond motifs is 1. The molecular weight excluding hydrogens is 450 g/mol. The first kappa shape index (κ1) is 22.0. The SMILES string of the molecule is Cc1nnc(N2C(=O)C(O)=C(C(=O)c3cc4ccccc4o3)C2c2ccc(C(C)(C)C)cc2)s1. The Morgan fingerprint density at radius 1 is 1.09 bits per heavy atom. The number of hydrogen-bond donors (Lipinski definition) is 1. The number of aliphatic hydroxyl groups excluding tert-OH is 1. The normalized spacial score (nSPS) is 16.6. The van der Waals surface area contributed by atoms with Gasteiger partial charge in [0, 0.05) is 5.39 Å². The van der Waals surface area contributed by atoms with Crippen molar-refractivity contribution < 1.29 is 19.1 Å². The fourth-order valence-electron chi connectivity index (χ4n) is 4.13. The molecule has 4 aromatic rings. The van der Waals surface area contributed by atoms with Gasteiger partial charge in [0.1, 0.15) is 10.6 Å². The van der Waals surface area contributed by atoms with Crippen LogP contribution in [0.3, 0.4) is 0 Å². The Balaban J connectivity index is 1.64. The molecule has 1 aliphatic heterocycles. The highest BCUT2D eigenvalue weighted by atomic mass is 32.1. The van der Waals surface area contributed by atoms with Crippen molar-refractivity contribution in [3.8, 4) is 0 Å². The summed E-state index contributed by atoms with van der Waals surface area (Å²) < 4.78 is 5.77. The summed E-state index contributed by atoms with van der Waals surface area (Å²) in [5.41, 5.74) is 2.23. The van der Waals surface area contributed by atoms with E-state index in [2.05, 4.69) is 31.0 Å². The molecule has 3 heterocycles. The topological polar surface area (TPSA) is 96.5 Å². The van der Waals surface area contributed by atoms with Crippen LogP contribution in [0.15, 0.2) is 70.3 Å². The van der Waals surface area contributed by atoms with E-state index < -0.39 is 23.5 Å². The summed E-state index contributed by atoms with van der Waals surface area (Å²) in [6.45, 7) is 8.11. The Labute approximate surface area is 200 Å². The summed E-state index contributed by atoms with van der Waals surface area (Å²) in [5, 5.41) is 20.8. The Hall–Kier alpha value is -3.78. The van der Waals surface area contributed by atoms with Gasteiger partial charge in [-0.2, -0.15) is 0 Å². The highest BCUT2D eigenvalue weighted by molar-refractivity contribution is 7.15. The number of aliphatic hydroxyl groups is 1. The maximum Gasteiger partial charge on any atom is 0.296 e. The standard InChI is InChI=1S/C26H23N3O4S/c1-14-27-28-25(34-14)29-21(15-9-11-17(12-10-15)26(2,3)4)20(23(31)24(29)32)22(30)19-13-16-7-5-6-8-18(16)33-19/h5-13,21,31H,1-4H3. The van der Waals surface area contributed by atoms with Gasteiger partial charge in [0.05, 0.1) is 11.6 Å². The Morgan fingerprint density at radius 2 is 1.79 bits per heavy atom. The Morgan fingerprint density at radius 3 is 2.41 bits per heavy atom. The summed E-state index contributed by atoms with van der Waals surface area (Å²) in [7, 11) is 0. The van der Waals surface area contributed by atoms with Gasteiger partial charge in [-0.25, -0.2) is 0 Å². The van der Waals surface area contributed by atoms with E-state index in [1.807, 2.05) is 42.5 Å². The van der Waals surface area contributed by atoms with Crippen LogP contribution >= 0.6 is 11.3 Å². The fourth-order valence-corrected chi connectivity index (χ4v) is 4.84. The third-order valence-corrected chi connectivity index (χ3v) is 6.75. The number of ketones is 1. The zero-order valence-corrected chi connectivity index (χ0v) is 20.0. The van der Waals surface area contributed by atoms with Gasteiger partial charge < -0.3 is 9.52 Å². The van der Waals surface area contributed by atoms with Crippen LogP contribution in [0.4, 0.5) is 5.13 Å². The van der Waals surface area contributed by atoms with E-state index in [-0.39, 0.29) is 16.7 Å². The van der Waals surface area contributed by atoms with Gasteiger partial charge in [0.2, 0.25) is 10.9 Å². The van der Waals surface area contributed by atoms with Gasteiger partial charge in [-0.05, 0) is 35.6 Å². The van der Waals surface area contributed by atoms with Crippen LogP contribution in [-0.2, 0) is 10.2 Å². The number of carbonyl (C=O) groups excluding carboxylic acids is 2. The summed E-state index contributed by atoms with van der Waals surface area (Å²) in [6, 6.07) is 15.7. The molecule has 0 aliphatic carbocycles. The van der Waals surface area contributed by atoms with E-state index in [1.54, 1.807) is 19.1 Å². The molecule has 0 fully saturated rings. The number of anilines is 1. The van der Waals surface area contributed by atoms with Gasteiger partial charge >= 0.3 is 0 Å². The smallest absolute Gasteiger partial charge is 0.296 e. The second-order valence-electron chi connectivity index (χ2n) is 9.29. The maximum absolute atomic E-state index is 13.6. The number of amides is 1. The first-order valence-electron chi connectivity index (χ1n) is 10.9. The summed E-state index contributed by atoms with van der Waals surface area (Å²) in [4.78, 5) is 28.2.